The summed E-state index contributed by atoms with van der Waals surface area (Å²) in [7, 11) is 0. The van der Waals surface area contributed by atoms with Gasteiger partial charge in [0, 0.05) is 50.9 Å². The molecule has 0 saturated carbocycles. The molecule has 0 N–H and O–H groups in total. The van der Waals surface area contributed by atoms with Gasteiger partial charge in [-0.05, 0) is 95.1 Å². The Balaban J connectivity index is 1.16. The van der Waals surface area contributed by atoms with Gasteiger partial charge in [0.25, 0.3) is 11.8 Å². The quantitative estimate of drug-likeness (QED) is 0.0508. The van der Waals surface area contributed by atoms with Crippen molar-refractivity contribution < 1.29 is 9.59 Å². The summed E-state index contributed by atoms with van der Waals surface area (Å²) in [6, 6.07) is 24.5. The average Bonchev–Trinajstić information content (AvgIpc) is 4.18. The first-order valence-corrected chi connectivity index (χ1v) is 28.5. The number of aryl methyl sites for hydroxylation is 1. The van der Waals surface area contributed by atoms with E-state index in [0.29, 0.717) is 36.1 Å². The van der Waals surface area contributed by atoms with Crippen LogP contribution in [0.5, 0.6) is 0 Å². The van der Waals surface area contributed by atoms with Gasteiger partial charge in [0.15, 0.2) is 0 Å². The van der Waals surface area contributed by atoms with Crippen LogP contribution in [0.25, 0.3) is 53.0 Å². The van der Waals surface area contributed by atoms with Crippen molar-refractivity contribution in [2.24, 2.45) is 11.8 Å². The lowest BCUT2D eigenvalue weighted by Gasteiger charge is -2.29. The molecule has 0 radical (unpaired) electrons. The molecule has 5 nitrogen and oxygen atoms in total. The number of aromatic nitrogens is 1. The number of thiophene rings is 3. The first-order valence-electron chi connectivity index (χ1n) is 25.2. The van der Waals surface area contributed by atoms with Crippen LogP contribution in [-0.4, -0.2) is 39.3 Å². The normalized spacial score (nSPS) is 15.4. The number of carbonyl (C=O) groups is 2. The number of rotatable bonds is 26. The van der Waals surface area contributed by atoms with Crippen molar-refractivity contribution in [3.05, 3.63) is 91.4 Å². The number of hydrogen-bond acceptors (Lipinski definition) is 5. The third-order valence-corrected chi connectivity index (χ3v) is 18.2. The molecule has 65 heavy (non-hydrogen) atoms. The van der Waals surface area contributed by atoms with Gasteiger partial charge < -0.3 is 14.4 Å². The molecule has 9 heteroatoms. The summed E-state index contributed by atoms with van der Waals surface area (Å²) in [5.41, 5.74) is 5.31. The van der Waals surface area contributed by atoms with Crippen molar-refractivity contribution in [3.63, 3.8) is 0 Å². The summed E-state index contributed by atoms with van der Waals surface area (Å²) >= 11 is 8.97. The predicted octanol–water partition coefficient (Wildman–Crippen LogP) is 17.7. The van der Waals surface area contributed by atoms with E-state index in [1.807, 2.05) is 27.2 Å². The monoisotopic (exact) mass is 991 g/mol. The number of nitrogens with zero attached hydrogens (tertiary/aromatic N) is 3. The number of benzene rings is 2. The minimum Gasteiger partial charge on any atom is -0.332 e. The molecule has 346 valence electrons. The molecule has 2 amide bonds. The summed E-state index contributed by atoms with van der Waals surface area (Å²) in [6.07, 6.45) is 22.0. The van der Waals surface area contributed by atoms with Crippen molar-refractivity contribution >= 4 is 104 Å². The Morgan fingerprint density at radius 1 is 0.554 bits per heavy atom. The van der Waals surface area contributed by atoms with Crippen molar-refractivity contribution in [2.45, 2.75) is 157 Å². The van der Waals surface area contributed by atoms with Crippen LogP contribution in [0.2, 0.25) is 0 Å². The van der Waals surface area contributed by atoms with Gasteiger partial charge in [0.05, 0.1) is 36.1 Å². The summed E-state index contributed by atoms with van der Waals surface area (Å²) in [4.78, 5) is 38.8. The van der Waals surface area contributed by atoms with Crippen LogP contribution < -0.4 is 0 Å². The van der Waals surface area contributed by atoms with Crippen molar-refractivity contribution in [1.82, 2.24) is 14.4 Å². The fourth-order valence-corrected chi connectivity index (χ4v) is 14.1. The summed E-state index contributed by atoms with van der Waals surface area (Å²) in [6.45, 7) is 13.5. The summed E-state index contributed by atoms with van der Waals surface area (Å²) < 4.78 is 4.94. The predicted molar refractivity (Wildman–Crippen MR) is 286 cm³/mol. The van der Waals surface area contributed by atoms with Crippen LogP contribution in [0.3, 0.4) is 0 Å². The molecule has 6 heterocycles. The Bertz CT molecular complexity index is 2660. The van der Waals surface area contributed by atoms with Crippen LogP contribution in [-0.2, 0) is 16.1 Å². The SMILES string of the molecule is CCCCCCCCCCCCn1c2ccc(-c3ccc(C4=C5C(=O)N(CC(CC)CCCC)C(c6ccc(Br)s6)=C5C(=O)N4CC(CC)CCCC)s3)cc2c2c3ccccc3sc21. The standard InChI is InChI=1S/C56H70BrN3O2S3/c1-6-11-14-15-16-17-18-19-20-23-34-58-43-29-28-40(35-42(43)49-41-26-21-22-27-45(41)65-56(49)58)44-30-31-46(63-44)52-50-51(55(62)59(52)36-38(9-4)24-12-7-2)53(47-32-33-48(57)64-47)60(54(50)61)37-39(10-5)25-13-8-3/h21-22,26-33,35,38-39H,6-20,23-25,34,36-37H2,1-5H3. The van der Waals surface area contributed by atoms with E-state index in [-0.39, 0.29) is 11.8 Å². The fraction of sp³-hybridized carbons (Fsp3) is 0.500. The van der Waals surface area contributed by atoms with E-state index in [1.54, 1.807) is 22.7 Å². The molecule has 0 spiro atoms. The molecule has 6 aromatic rings. The van der Waals surface area contributed by atoms with Gasteiger partial charge in [0.2, 0.25) is 0 Å². The maximum absolute atomic E-state index is 15.2. The van der Waals surface area contributed by atoms with Gasteiger partial charge >= 0.3 is 0 Å². The van der Waals surface area contributed by atoms with Crippen LogP contribution >= 0.6 is 49.9 Å². The van der Waals surface area contributed by atoms with Crippen molar-refractivity contribution in [1.29, 1.82) is 0 Å². The highest BCUT2D eigenvalue weighted by molar-refractivity contribution is 9.11. The third-order valence-electron chi connectivity index (χ3n) is 14.2. The van der Waals surface area contributed by atoms with E-state index in [1.165, 1.54) is 101 Å². The van der Waals surface area contributed by atoms with Crippen molar-refractivity contribution in [2.75, 3.05) is 13.1 Å². The highest BCUT2D eigenvalue weighted by atomic mass is 79.9. The number of fused-ring (bicyclic) bond motifs is 6. The molecule has 2 aromatic carbocycles. The minimum absolute atomic E-state index is 0.0197. The van der Waals surface area contributed by atoms with Gasteiger partial charge in [0.1, 0.15) is 4.83 Å². The van der Waals surface area contributed by atoms with E-state index in [0.717, 1.165) is 87.7 Å². The third kappa shape index (κ3) is 10.2. The second-order valence-corrected chi connectivity index (χ2v) is 23.3. The maximum Gasteiger partial charge on any atom is 0.261 e. The van der Waals surface area contributed by atoms with E-state index in [4.69, 9.17) is 0 Å². The molecule has 2 aliphatic heterocycles. The van der Waals surface area contributed by atoms with Crippen LogP contribution in [0.1, 0.15) is 160 Å². The van der Waals surface area contributed by atoms with Gasteiger partial charge in [-0.2, -0.15) is 0 Å². The number of halogens is 1. The van der Waals surface area contributed by atoms with Crippen LogP contribution in [0, 0.1) is 11.8 Å². The lowest BCUT2D eigenvalue weighted by atomic mass is 9.98. The highest BCUT2D eigenvalue weighted by Crippen LogP contribution is 2.51. The molecule has 8 rings (SSSR count). The molecule has 0 aliphatic carbocycles. The van der Waals surface area contributed by atoms with Gasteiger partial charge in [-0.3, -0.25) is 9.59 Å². The number of carbonyl (C=O) groups excluding carboxylic acids is 2. The zero-order valence-corrected chi connectivity index (χ0v) is 43.7. The first-order chi connectivity index (χ1) is 31.8. The molecular formula is C56H70BrN3O2S3. The second kappa shape index (κ2) is 22.5. The Morgan fingerprint density at radius 3 is 1.69 bits per heavy atom. The van der Waals surface area contributed by atoms with Crippen LogP contribution in [0.4, 0.5) is 0 Å². The maximum atomic E-state index is 15.2. The van der Waals surface area contributed by atoms with Crippen molar-refractivity contribution in [3.8, 4) is 10.4 Å². The molecular weight excluding hydrogens is 923 g/mol. The Labute approximate surface area is 409 Å². The van der Waals surface area contributed by atoms with E-state index in [9.17, 15) is 0 Å². The highest BCUT2D eigenvalue weighted by Gasteiger charge is 2.50. The number of unbranched alkanes of at least 4 members (excludes halogenated alkanes) is 11. The number of hydrogen-bond donors (Lipinski definition) is 0. The summed E-state index contributed by atoms with van der Waals surface area (Å²) in [5.74, 6) is 0.680. The molecule has 2 unspecified atom stereocenters. The summed E-state index contributed by atoms with van der Waals surface area (Å²) in [5, 5.41) is 4.01. The molecule has 4 aromatic heterocycles. The molecule has 2 aliphatic rings. The lowest BCUT2D eigenvalue weighted by Crippen LogP contribution is -2.34. The molecule has 0 saturated heterocycles. The largest absolute Gasteiger partial charge is 0.332 e. The molecule has 0 bridgehead atoms. The Hall–Kier alpha value is -3.50. The zero-order valence-electron chi connectivity index (χ0n) is 39.6. The topological polar surface area (TPSA) is 45.6 Å². The zero-order chi connectivity index (χ0) is 45.5. The van der Waals surface area contributed by atoms with E-state index in [2.05, 4.69) is 116 Å². The van der Waals surface area contributed by atoms with E-state index < -0.39 is 0 Å². The smallest absolute Gasteiger partial charge is 0.261 e. The molecule has 2 atom stereocenters. The van der Waals surface area contributed by atoms with Gasteiger partial charge in [-0.15, -0.1) is 34.0 Å². The fourth-order valence-electron chi connectivity index (χ4n) is 10.4. The van der Waals surface area contributed by atoms with Gasteiger partial charge in [-0.1, -0.05) is 155 Å². The average molecular weight is 993 g/mol. The van der Waals surface area contributed by atoms with E-state index >= 15 is 9.59 Å². The van der Waals surface area contributed by atoms with Crippen LogP contribution in [0.15, 0.2) is 81.7 Å². The first kappa shape index (κ1) is 48.0. The molecule has 0 fully saturated rings. The Morgan fingerprint density at radius 2 is 1.11 bits per heavy atom. The number of amides is 2. The minimum atomic E-state index is -0.0197. The van der Waals surface area contributed by atoms with Gasteiger partial charge in [-0.25, -0.2) is 0 Å². The Kier molecular flexibility index (Phi) is 16.6. The second-order valence-electron chi connectivity index (χ2n) is 18.7. The lowest BCUT2D eigenvalue weighted by molar-refractivity contribution is -0.124.